The summed E-state index contributed by atoms with van der Waals surface area (Å²) in [5.41, 5.74) is 2.53. The van der Waals surface area contributed by atoms with Crippen LogP contribution < -0.4 is 14.8 Å². The van der Waals surface area contributed by atoms with E-state index in [4.69, 9.17) is 4.74 Å². The van der Waals surface area contributed by atoms with Gasteiger partial charge in [-0.3, -0.25) is 4.98 Å². The second-order valence-corrected chi connectivity index (χ2v) is 8.84. The molecule has 0 spiro atoms. The number of halogens is 1. The zero-order chi connectivity index (χ0) is 22.0. The van der Waals surface area contributed by atoms with E-state index in [2.05, 4.69) is 20.9 Å². The lowest BCUT2D eigenvalue weighted by Gasteiger charge is -2.15. The molecule has 0 saturated carbocycles. The van der Waals surface area contributed by atoms with E-state index >= 15 is 0 Å². The summed E-state index contributed by atoms with van der Waals surface area (Å²) in [6.07, 6.45) is 1.65. The van der Waals surface area contributed by atoms with E-state index in [1.807, 2.05) is 0 Å². The van der Waals surface area contributed by atoms with Crippen molar-refractivity contribution in [3.63, 3.8) is 0 Å². The van der Waals surface area contributed by atoms with Crippen molar-refractivity contribution >= 4 is 43.5 Å². The number of fused-ring (bicyclic) bond motifs is 1. The van der Waals surface area contributed by atoms with Crippen molar-refractivity contribution in [3.05, 3.63) is 78.7 Å². The number of hydrogen-bond donors (Lipinski definition) is 3. The standard InChI is InChI=1S/C23H20FN3O3S/c1-30-18-12-16(11-17(28)14-18)26-22-9-10-25-21-8-7-15(13-19(21)22)27-31(2,29)23-6-4-3-5-20(23)24/h3-14,28H,2H2,1H3,(H,25,26)(H,27,29). The summed E-state index contributed by atoms with van der Waals surface area (Å²) < 4.78 is 35.2. The van der Waals surface area contributed by atoms with E-state index in [9.17, 15) is 13.7 Å². The van der Waals surface area contributed by atoms with E-state index in [1.54, 1.807) is 48.7 Å². The Bertz CT molecular complexity index is 1370. The predicted molar refractivity (Wildman–Crippen MR) is 123 cm³/mol. The molecule has 0 aliphatic rings. The van der Waals surface area contributed by atoms with Gasteiger partial charge in [-0.1, -0.05) is 12.1 Å². The maximum absolute atomic E-state index is 14.1. The number of phenols is 1. The number of pyridine rings is 1. The average Bonchev–Trinajstić information content (AvgIpc) is 2.73. The molecule has 0 saturated heterocycles. The number of aromatic nitrogens is 1. The lowest BCUT2D eigenvalue weighted by atomic mass is 10.1. The molecule has 158 valence electrons. The lowest BCUT2D eigenvalue weighted by molar-refractivity contribution is 0.408. The highest BCUT2D eigenvalue weighted by atomic mass is 32.2. The van der Waals surface area contributed by atoms with Gasteiger partial charge < -0.3 is 19.9 Å². The number of aromatic hydroxyl groups is 1. The molecule has 1 aromatic heterocycles. The van der Waals surface area contributed by atoms with Crippen LogP contribution in [0, 0.1) is 5.82 Å². The SMILES string of the molecule is C=S(=O)(Nc1ccc2nccc(Nc3cc(O)cc(OC)c3)c2c1)c1ccccc1F. The van der Waals surface area contributed by atoms with Gasteiger partial charge in [-0.15, -0.1) is 0 Å². The van der Waals surface area contributed by atoms with Crippen LogP contribution in [-0.2, 0) is 9.71 Å². The second-order valence-electron chi connectivity index (χ2n) is 6.84. The number of hydrogen-bond acceptors (Lipinski definition) is 5. The summed E-state index contributed by atoms with van der Waals surface area (Å²) in [6.45, 7) is 0. The molecular weight excluding hydrogens is 417 g/mol. The second kappa shape index (κ2) is 8.16. The molecule has 0 fully saturated rings. The monoisotopic (exact) mass is 437 g/mol. The first kappa shape index (κ1) is 20.5. The summed E-state index contributed by atoms with van der Waals surface area (Å²) in [4.78, 5) is 4.36. The summed E-state index contributed by atoms with van der Waals surface area (Å²) in [6, 6.07) is 17.7. The van der Waals surface area contributed by atoms with E-state index in [0.29, 0.717) is 28.3 Å². The molecule has 0 amide bonds. The van der Waals surface area contributed by atoms with Crippen molar-refractivity contribution in [1.29, 1.82) is 0 Å². The van der Waals surface area contributed by atoms with Crippen LogP contribution in [0.25, 0.3) is 10.9 Å². The largest absolute Gasteiger partial charge is 0.508 e. The number of anilines is 3. The van der Waals surface area contributed by atoms with Gasteiger partial charge >= 0.3 is 0 Å². The first-order valence-electron chi connectivity index (χ1n) is 9.29. The molecule has 0 radical (unpaired) electrons. The third kappa shape index (κ3) is 4.39. The normalized spacial score (nSPS) is 12.8. The van der Waals surface area contributed by atoms with Gasteiger partial charge in [-0.2, -0.15) is 0 Å². The molecule has 1 heterocycles. The summed E-state index contributed by atoms with van der Waals surface area (Å²) >= 11 is 0. The van der Waals surface area contributed by atoms with Gasteiger partial charge in [0, 0.05) is 46.8 Å². The Labute approximate surface area is 179 Å². The molecule has 8 heteroatoms. The Morgan fingerprint density at radius 2 is 1.87 bits per heavy atom. The predicted octanol–water partition coefficient (Wildman–Crippen LogP) is 4.93. The van der Waals surface area contributed by atoms with E-state index in [0.717, 1.165) is 5.39 Å². The Balaban J connectivity index is 1.71. The van der Waals surface area contributed by atoms with Crippen LogP contribution in [-0.4, -0.2) is 27.3 Å². The van der Waals surface area contributed by atoms with Crippen LogP contribution in [0.15, 0.2) is 77.8 Å². The highest BCUT2D eigenvalue weighted by Gasteiger charge is 2.14. The molecular formula is C23H20FN3O3S. The molecule has 4 aromatic rings. The van der Waals surface area contributed by atoms with Crippen molar-refractivity contribution in [1.82, 2.24) is 4.98 Å². The fourth-order valence-electron chi connectivity index (χ4n) is 3.21. The van der Waals surface area contributed by atoms with Crippen molar-refractivity contribution in [2.24, 2.45) is 0 Å². The summed E-state index contributed by atoms with van der Waals surface area (Å²) in [5.74, 6) is 3.68. The maximum atomic E-state index is 14.1. The van der Waals surface area contributed by atoms with Crippen molar-refractivity contribution < 1.29 is 18.4 Å². The number of nitrogens with one attached hydrogen (secondary N) is 2. The minimum atomic E-state index is -3.11. The summed E-state index contributed by atoms with van der Waals surface area (Å²) in [7, 11) is -1.60. The summed E-state index contributed by atoms with van der Waals surface area (Å²) in [5, 5.41) is 13.9. The highest BCUT2D eigenvalue weighted by Crippen LogP contribution is 2.32. The Kier molecular flexibility index (Phi) is 5.39. The van der Waals surface area contributed by atoms with Crippen LogP contribution in [0.2, 0.25) is 0 Å². The average molecular weight is 437 g/mol. The molecule has 1 atom stereocenters. The van der Waals surface area contributed by atoms with Crippen LogP contribution in [0.4, 0.5) is 21.5 Å². The molecule has 31 heavy (non-hydrogen) atoms. The quantitative estimate of drug-likeness (QED) is 0.373. The number of rotatable bonds is 6. The van der Waals surface area contributed by atoms with E-state index in [1.165, 1.54) is 31.4 Å². The van der Waals surface area contributed by atoms with Crippen LogP contribution in [0.3, 0.4) is 0 Å². The van der Waals surface area contributed by atoms with E-state index < -0.39 is 15.5 Å². The van der Waals surface area contributed by atoms with Crippen molar-refractivity contribution in [2.75, 3.05) is 17.1 Å². The Morgan fingerprint density at radius 3 is 2.65 bits per heavy atom. The topological polar surface area (TPSA) is 83.5 Å². The van der Waals surface area contributed by atoms with Crippen LogP contribution in [0.1, 0.15) is 0 Å². The lowest BCUT2D eigenvalue weighted by Crippen LogP contribution is -2.14. The third-order valence-corrected chi connectivity index (χ3v) is 6.23. The molecule has 0 aliphatic heterocycles. The number of ether oxygens (including phenoxy) is 1. The highest BCUT2D eigenvalue weighted by molar-refractivity contribution is 8.01. The van der Waals surface area contributed by atoms with Crippen molar-refractivity contribution in [2.45, 2.75) is 4.90 Å². The first-order valence-corrected chi connectivity index (χ1v) is 11.0. The van der Waals surface area contributed by atoms with Gasteiger partial charge in [0.1, 0.15) is 17.3 Å². The zero-order valence-corrected chi connectivity index (χ0v) is 17.4. The van der Waals surface area contributed by atoms with Gasteiger partial charge in [-0.05, 0) is 42.3 Å². The van der Waals surface area contributed by atoms with Gasteiger partial charge in [-0.25, -0.2) is 8.60 Å². The molecule has 4 rings (SSSR count). The van der Waals surface area contributed by atoms with Gasteiger partial charge in [0.25, 0.3) is 0 Å². The molecule has 3 aromatic carbocycles. The zero-order valence-electron chi connectivity index (χ0n) is 16.6. The Morgan fingerprint density at radius 1 is 1.06 bits per heavy atom. The minimum absolute atomic E-state index is 0.00601. The van der Waals surface area contributed by atoms with Crippen LogP contribution >= 0.6 is 0 Å². The first-order chi connectivity index (χ1) is 14.9. The van der Waals surface area contributed by atoms with E-state index in [-0.39, 0.29) is 10.6 Å². The molecule has 3 N–H and O–H groups in total. The number of methoxy groups -OCH3 is 1. The van der Waals surface area contributed by atoms with Gasteiger partial charge in [0.05, 0.1) is 27.2 Å². The van der Waals surface area contributed by atoms with Gasteiger partial charge in [0.15, 0.2) is 0 Å². The Hall–Kier alpha value is -3.78. The number of nitrogens with zero attached hydrogens (tertiary/aromatic N) is 1. The molecule has 0 bridgehead atoms. The van der Waals surface area contributed by atoms with Crippen molar-refractivity contribution in [3.8, 4) is 11.5 Å². The minimum Gasteiger partial charge on any atom is -0.508 e. The molecule has 6 nitrogen and oxygen atoms in total. The maximum Gasteiger partial charge on any atom is 0.140 e. The fourth-order valence-corrected chi connectivity index (χ4v) is 4.50. The fraction of sp³-hybridized carbons (Fsp3) is 0.0435. The molecule has 1 unspecified atom stereocenters. The number of benzene rings is 3. The number of phenolic OH excluding ortho intramolecular Hbond substituents is 1. The third-order valence-electron chi connectivity index (χ3n) is 4.62. The molecule has 0 aliphatic carbocycles. The van der Waals surface area contributed by atoms with Gasteiger partial charge in [0.2, 0.25) is 0 Å². The smallest absolute Gasteiger partial charge is 0.140 e. The van der Waals surface area contributed by atoms with Crippen LogP contribution in [0.5, 0.6) is 11.5 Å².